The number of aromatic nitrogens is 1. The van der Waals surface area contributed by atoms with Crippen LogP contribution in [-0.2, 0) is 0 Å². The summed E-state index contributed by atoms with van der Waals surface area (Å²) in [7, 11) is 0. The first-order valence-electron chi connectivity index (χ1n) is 5.80. The van der Waals surface area contributed by atoms with Crippen molar-refractivity contribution >= 4 is 49.9 Å². The molecule has 0 aliphatic heterocycles. The summed E-state index contributed by atoms with van der Waals surface area (Å²) < 4.78 is 6.73. The summed E-state index contributed by atoms with van der Waals surface area (Å²) in [5.41, 5.74) is 0. The second kappa shape index (κ2) is 5.60. The lowest BCUT2D eigenvalue weighted by Gasteiger charge is -2.07. The molecule has 0 saturated carbocycles. The lowest BCUT2D eigenvalue weighted by Crippen LogP contribution is -1.89. The van der Waals surface area contributed by atoms with E-state index >= 15 is 0 Å². The topological polar surface area (TPSA) is 22.1 Å². The molecule has 0 atom stereocenters. The summed E-state index contributed by atoms with van der Waals surface area (Å²) in [6.07, 6.45) is 1.50. The molecule has 1 aromatic heterocycles. The fourth-order valence-electron chi connectivity index (χ4n) is 1.85. The van der Waals surface area contributed by atoms with Gasteiger partial charge in [0.15, 0.2) is 0 Å². The largest absolute Gasteiger partial charge is 0.438 e. The lowest BCUT2D eigenvalue weighted by atomic mass is 10.1. The van der Waals surface area contributed by atoms with Crippen molar-refractivity contribution in [1.82, 2.24) is 4.98 Å². The Morgan fingerprint density at radius 3 is 2.50 bits per heavy atom. The number of pyridine rings is 1. The van der Waals surface area contributed by atoms with Crippen molar-refractivity contribution in [3.05, 3.63) is 63.2 Å². The summed E-state index contributed by atoms with van der Waals surface area (Å²) in [4.78, 5) is 4.07. The summed E-state index contributed by atoms with van der Waals surface area (Å²) >= 11 is 15.3. The Hall–Kier alpha value is -1.29. The molecule has 100 valence electrons. The van der Waals surface area contributed by atoms with Crippen LogP contribution in [0.4, 0.5) is 0 Å². The highest BCUT2D eigenvalue weighted by molar-refractivity contribution is 9.10. The molecule has 0 bridgehead atoms. The molecular formula is C15H8BrCl2NO. The molecule has 0 spiro atoms. The molecule has 3 rings (SSSR count). The van der Waals surface area contributed by atoms with Gasteiger partial charge in [0.25, 0.3) is 0 Å². The molecule has 0 fully saturated rings. The first kappa shape index (κ1) is 13.7. The maximum Gasteiger partial charge on any atom is 0.238 e. The number of nitrogens with zero attached hydrogens (tertiary/aromatic N) is 1. The zero-order valence-corrected chi connectivity index (χ0v) is 13.2. The van der Waals surface area contributed by atoms with Gasteiger partial charge in [0.1, 0.15) is 10.8 Å². The number of halogens is 3. The lowest BCUT2D eigenvalue weighted by molar-refractivity contribution is 0.464. The molecule has 2 nitrogen and oxygen atoms in total. The third-order valence-corrected chi connectivity index (χ3v) is 3.73. The summed E-state index contributed by atoms with van der Waals surface area (Å²) in [5, 5.41) is 3.07. The van der Waals surface area contributed by atoms with Crippen LogP contribution in [-0.4, -0.2) is 4.98 Å². The fourth-order valence-corrected chi connectivity index (χ4v) is 2.64. The standard InChI is InChI=1S/C15H8BrCl2NO/c16-11-3-1-10-6-13(4-2-9(10)5-11)20-15-14(18)7-12(17)8-19-15/h1-8H. The number of hydrogen-bond donors (Lipinski definition) is 0. The Kier molecular flexibility index (Phi) is 3.83. The maximum atomic E-state index is 6.04. The van der Waals surface area contributed by atoms with Gasteiger partial charge in [-0.05, 0) is 41.1 Å². The Morgan fingerprint density at radius 1 is 0.950 bits per heavy atom. The van der Waals surface area contributed by atoms with Crippen molar-refractivity contribution in [3.63, 3.8) is 0 Å². The second-order valence-corrected chi connectivity index (χ2v) is 5.96. The average Bonchev–Trinajstić information content (AvgIpc) is 2.42. The number of benzene rings is 2. The Labute approximate surface area is 134 Å². The van der Waals surface area contributed by atoms with Crippen molar-refractivity contribution in [1.29, 1.82) is 0 Å². The van der Waals surface area contributed by atoms with Crippen LogP contribution in [0.2, 0.25) is 10.0 Å². The van der Waals surface area contributed by atoms with Gasteiger partial charge in [0.05, 0.1) is 5.02 Å². The van der Waals surface area contributed by atoms with Gasteiger partial charge in [-0.3, -0.25) is 0 Å². The molecule has 20 heavy (non-hydrogen) atoms. The van der Waals surface area contributed by atoms with E-state index in [1.165, 1.54) is 6.20 Å². The van der Waals surface area contributed by atoms with Gasteiger partial charge < -0.3 is 4.74 Å². The quantitative estimate of drug-likeness (QED) is 0.545. The predicted octanol–water partition coefficient (Wildman–Crippen LogP) is 6.10. The molecule has 1 heterocycles. The van der Waals surface area contributed by atoms with Crippen LogP contribution in [0.15, 0.2) is 53.1 Å². The monoisotopic (exact) mass is 367 g/mol. The van der Waals surface area contributed by atoms with Crippen LogP contribution in [0, 0.1) is 0 Å². The van der Waals surface area contributed by atoms with E-state index in [1.54, 1.807) is 6.07 Å². The van der Waals surface area contributed by atoms with E-state index in [9.17, 15) is 0 Å². The second-order valence-electron chi connectivity index (χ2n) is 4.20. The molecule has 0 aliphatic rings. The summed E-state index contributed by atoms with van der Waals surface area (Å²) in [6, 6.07) is 13.5. The summed E-state index contributed by atoms with van der Waals surface area (Å²) in [6.45, 7) is 0. The zero-order chi connectivity index (χ0) is 14.1. The van der Waals surface area contributed by atoms with Crippen LogP contribution in [0.3, 0.4) is 0 Å². The van der Waals surface area contributed by atoms with Crippen LogP contribution >= 0.6 is 39.1 Å². The average molecular weight is 369 g/mol. The van der Waals surface area contributed by atoms with Gasteiger partial charge >= 0.3 is 0 Å². The van der Waals surface area contributed by atoms with Gasteiger partial charge in [0, 0.05) is 10.7 Å². The van der Waals surface area contributed by atoms with E-state index in [0.29, 0.717) is 21.7 Å². The number of ether oxygens (including phenoxy) is 1. The van der Waals surface area contributed by atoms with E-state index in [4.69, 9.17) is 27.9 Å². The molecule has 0 radical (unpaired) electrons. The van der Waals surface area contributed by atoms with Gasteiger partial charge in [0.2, 0.25) is 5.88 Å². The molecule has 5 heteroatoms. The zero-order valence-electron chi connectivity index (χ0n) is 10.1. The normalized spacial score (nSPS) is 10.8. The summed E-state index contributed by atoms with van der Waals surface area (Å²) in [5.74, 6) is 1.02. The van der Waals surface area contributed by atoms with Crippen molar-refractivity contribution < 1.29 is 4.74 Å². The van der Waals surface area contributed by atoms with E-state index in [2.05, 4.69) is 20.9 Å². The van der Waals surface area contributed by atoms with Gasteiger partial charge in [-0.15, -0.1) is 0 Å². The van der Waals surface area contributed by atoms with E-state index in [1.807, 2.05) is 36.4 Å². The number of rotatable bonds is 2. The highest BCUT2D eigenvalue weighted by atomic mass is 79.9. The van der Waals surface area contributed by atoms with Gasteiger partial charge in [-0.25, -0.2) is 4.98 Å². The van der Waals surface area contributed by atoms with E-state index in [-0.39, 0.29) is 0 Å². The number of hydrogen-bond acceptors (Lipinski definition) is 2. The third kappa shape index (κ3) is 2.90. The Balaban J connectivity index is 1.96. The smallest absolute Gasteiger partial charge is 0.238 e. The third-order valence-electron chi connectivity index (χ3n) is 2.76. The molecule has 2 aromatic carbocycles. The van der Waals surface area contributed by atoms with Crippen LogP contribution in [0.5, 0.6) is 11.6 Å². The molecule has 0 amide bonds. The van der Waals surface area contributed by atoms with Crippen molar-refractivity contribution in [2.75, 3.05) is 0 Å². The minimum absolute atomic E-state index is 0.340. The van der Waals surface area contributed by atoms with Crippen molar-refractivity contribution in [2.45, 2.75) is 0 Å². The minimum atomic E-state index is 0.340. The first-order valence-corrected chi connectivity index (χ1v) is 7.35. The van der Waals surface area contributed by atoms with Crippen LogP contribution < -0.4 is 4.74 Å². The van der Waals surface area contributed by atoms with Gasteiger partial charge in [-0.2, -0.15) is 0 Å². The van der Waals surface area contributed by atoms with Crippen LogP contribution in [0.25, 0.3) is 10.8 Å². The van der Waals surface area contributed by atoms with E-state index in [0.717, 1.165) is 15.2 Å². The first-order chi connectivity index (χ1) is 9.61. The molecular weight excluding hydrogens is 361 g/mol. The van der Waals surface area contributed by atoms with Crippen LogP contribution in [0.1, 0.15) is 0 Å². The molecule has 0 aliphatic carbocycles. The molecule has 3 aromatic rings. The SMILES string of the molecule is Clc1cnc(Oc2ccc3cc(Br)ccc3c2)c(Cl)c1. The molecule has 0 unspecified atom stereocenters. The number of fused-ring (bicyclic) bond motifs is 1. The predicted molar refractivity (Wildman–Crippen MR) is 86.0 cm³/mol. The highest BCUT2D eigenvalue weighted by Gasteiger charge is 2.06. The van der Waals surface area contributed by atoms with Gasteiger partial charge in [-0.1, -0.05) is 51.3 Å². The molecule has 0 N–H and O–H groups in total. The Morgan fingerprint density at radius 2 is 1.70 bits per heavy atom. The highest BCUT2D eigenvalue weighted by Crippen LogP contribution is 2.31. The maximum absolute atomic E-state index is 6.04. The van der Waals surface area contributed by atoms with Crippen molar-refractivity contribution in [3.8, 4) is 11.6 Å². The Bertz CT molecular complexity index is 792. The molecule has 0 saturated heterocycles. The fraction of sp³-hybridized carbons (Fsp3) is 0. The van der Waals surface area contributed by atoms with Crippen molar-refractivity contribution in [2.24, 2.45) is 0 Å². The minimum Gasteiger partial charge on any atom is -0.438 e. The van der Waals surface area contributed by atoms with E-state index < -0.39 is 0 Å².